The lowest BCUT2D eigenvalue weighted by Gasteiger charge is -2.25. The lowest BCUT2D eigenvalue weighted by molar-refractivity contribution is -0.139. The van der Waals surface area contributed by atoms with Crippen LogP contribution < -0.4 is 5.32 Å². The molecule has 0 spiro atoms. The first-order valence-electron chi connectivity index (χ1n) is 6.40. The van der Waals surface area contributed by atoms with Gasteiger partial charge in [0.05, 0.1) is 18.6 Å². The predicted molar refractivity (Wildman–Crippen MR) is 64.2 cm³/mol. The van der Waals surface area contributed by atoms with E-state index in [0.717, 1.165) is 12.8 Å². The van der Waals surface area contributed by atoms with Crippen LogP contribution in [0.3, 0.4) is 0 Å². The maximum absolute atomic E-state index is 12.3. The summed E-state index contributed by atoms with van der Waals surface area (Å²) in [7, 11) is 1.64. The Bertz CT molecular complexity index is 330. The number of carbonyl (C=O) groups excluding carboxylic acids is 1. The van der Waals surface area contributed by atoms with Crippen molar-refractivity contribution < 1.29 is 19.4 Å². The molecule has 0 bridgehead atoms. The Morgan fingerprint density at radius 1 is 1.44 bits per heavy atom. The summed E-state index contributed by atoms with van der Waals surface area (Å²) in [4.78, 5) is 24.7. The molecule has 0 aromatic rings. The van der Waals surface area contributed by atoms with E-state index in [0.29, 0.717) is 19.5 Å². The van der Waals surface area contributed by atoms with Gasteiger partial charge in [0.25, 0.3) is 0 Å². The Labute approximate surface area is 106 Å². The Balaban J connectivity index is 1.89. The molecule has 1 amide bonds. The van der Waals surface area contributed by atoms with E-state index in [1.165, 1.54) is 0 Å². The highest BCUT2D eigenvalue weighted by Crippen LogP contribution is 2.28. The quantitative estimate of drug-likeness (QED) is 0.690. The van der Waals surface area contributed by atoms with Crippen LogP contribution in [0.25, 0.3) is 0 Å². The van der Waals surface area contributed by atoms with Gasteiger partial charge < -0.3 is 20.1 Å². The summed E-state index contributed by atoms with van der Waals surface area (Å²) in [6.45, 7) is 0.999. The average molecular weight is 256 g/mol. The van der Waals surface area contributed by atoms with Crippen molar-refractivity contribution in [2.45, 2.75) is 43.9 Å². The first kappa shape index (κ1) is 13.3. The number of hydrogen-bond acceptors (Lipinski definition) is 4. The summed E-state index contributed by atoms with van der Waals surface area (Å²) in [5, 5.41) is 11.9. The van der Waals surface area contributed by atoms with E-state index in [-0.39, 0.29) is 30.5 Å². The van der Waals surface area contributed by atoms with Gasteiger partial charge >= 0.3 is 5.97 Å². The SMILES string of the molecule is COC1CNC(C(=O)N(CCC(=O)O)C2CC2)C1. The van der Waals surface area contributed by atoms with Crippen molar-refractivity contribution in [2.24, 2.45) is 0 Å². The molecule has 6 nitrogen and oxygen atoms in total. The fourth-order valence-electron chi connectivity index (χ4n) is 2.35. The van der Waals surface area contributed by atoms with Gasteiger partial charge in [0, 0.05) is 26.2 Å². The van der Waals surface area contributed by atoms with Crippen LogP contribution in [-0.4, -0.2) is 60.3 Å². The van der Waals surface area contributed by atoms with E-state index in [4.69, 9.17) is 9.84 Å². The molecule has 2 unspecified atom stereocenters. The van der Waals surface area contributed by atoms with E-state index in [2.05, 4.69) is 5.32 Å². The number of rotatable bonds is 6. The summed E-state index contributed by atoms with van der Waals surface area (Å²) < 4.78 is 5.22. The zero-order chi connectivity index (χ0) is 13.1. The standard InChI is InChI=1S/C12H20N2O4/c1-18-9-6-10(13-7-9)12(17)14(8-2-3-8)5-4-11(15)16/h8-10,13H,2-7H2,1H3,(H,15,16). The molecule has 0 aromatic carbocycles. The van der Waals surface area contributed by atoms with E-state index in [9.17, 15) is 9.59 Å². The van der Waals surface area contributed by atoms with Crippen LogP contribution in [0.2, 0.25) is 0 Å². The zero-order valence-electron chi connectivity index (χ0n) is 10.6. The fraction of sp³-hybridized carbons (Fsp3) is 0.833. The molecule has 0 aromatic heterocycles. The van der Waals surface area contributed by atoms with Gasteiger partial charge in [0.1, 0.15) is 0 Å². The van der Waals surface area contributed by atoms with Gasteiger partial charge in [-0.25, -0.2) is 0 Å². The number of nitrogens with zero attached hydrogens (tertiary/aromatic N) is 1. The normalized spacial score (nSPS) is 27.2. The lowest BCUT2D eigenvalue weighted by atomic mass is 10.1. The summed E-state index contributed by atoms with van der Waals surface area (Å²) in [6.07, 6.45) is 2.76. The zero-order valence-corrected chi connectivity index (χ0v) is 10.6. The van der Waals surface area contributed by atoms with Crippen LogP contribution in [0.4, 0.5) is 0 Å². The summed E-state index contributed by atoms with van der Waals surface area (Å²) in [5.41, 5.74) is 0. The van der Waals surface area contributed by atoms with Gasteiger partial charge in [0.15, 0.2) is 0 Å². The maximum Gasteiger partial charge on any atom is 0.305 e. The molecular formula is C12H20N2O4. The molecule has 2 N–H and O–H groups in total. The minimum atomic E-state index is -0.859. The third kappa shape index (κ3) is 3.20. The Hall–Kier alpha value is -1.14. The highest BCUT2D eigenvalue weighted by Gasteiger charge is 2.38. The summed E-state index contributed by atoms with van der Waals surface area (Å²) in [5.74, 6) is -0.833. The van der Waals surface area contributed by atoms with Crippen molar-refractivity contribution in [1.82, 2.24) is 10.2 Å². The molecule has 2 rings (SSSR count). The highest BCUT2D eigenvalue weighted by atomic mass is 16.5. The largest absolute Gasteiger partial charge is 0.481 e. The first-order chi connectivity index (χ1) is 8.61. The fourth-order valence-corrected chi connectivity index (χ4v) is 2.35. The second-order valence-electron chi connectivity index (χ2n) is 4.96. The molecule has 1 aliphatic heterocycles. The number of nitrogens with one attached hydrogen (secondary N) is 1. The molecule has 6 heteroatoms. The van der Waals surface area contributed by atoms with Gasteiger partial charge in [-0.2, -0.15) is 0 Å². The number of aliphatic carboxylic acids is 1. The Morgan fingerprint density at radius 2 is 2.17 bits per heavy atom. The van der Waals surface area contributed by atoms with Gasteiger partial charge in [-0.05, 0) is 19.3 Å². The maximum atomic E-state index is 12.3. The molecule has 2 aliphatic rings. The monoisotopic (exact) mass is 256 g/mol. The second kappa shape index (κ2) is 5.67. The van der Waals surface area contributed by atoms with Crippen molar-refractivity contribution in [1.29, 1.82) is 0 Å². The van der Waals surface area contributed by atoms with Gasteiger partial charge in [-0.1, -0.05) is 0 Å². The van der Waals surface area contributed by atoms with Crippen molar-refractivity contribution in [3.63, 3.8) is 0 Å². The number of hydrogen-bond donors (Lipinski definition) is 2. The van der Waals surface area contributed by atoms with Crippen LogP contribution in [0.1, 0.15) is 25.7 Å². The summed E-state index contributed by atoms with van der Waals surface area (Å²) in [6, 6.07) is 0.0320. The number of ether oxygens (including phenoxy) is 1. The van der Waals surface area contributed by atoms with E-state index >= 15 is 0 Å². The average Bonchev–Trinajstić information content (AvgIpc) is 3.06. The van der Waals surface area contributed by atoms with Crippen molar-refractivity contribution in [3.05, 3.63) is 0 Å². The van der Waals surface area contributed by atoms with Crippen LogP contribution in [-0.2, 0) is 14.3 Å². The van der Waals surface area contributed by atoms with Crippen molar-refractivity contribution in [3.8, 4) is 0 Å². The minimum Gasteiger partial charge on any atom is -0.481 e. The number of carboxylic acids is 1. The third-order valence-corrected chi connectivity index (χ3v) is 3.56. The predicted octanol–water partition coefficient (Wildman–Crippen LogP) is -0.171. The van der Waals surface area contributed by atoms with Crippen molar-refractivity contribution in [2.75, 3.05) is 20.2 Å². The number of amides is 1. The molecule has 1 saturated carbocycles. The molecule has 2 fully saturated rings. The van der Waals surface area contributed by atoms with E-state index < -0.39 is 5.97 Å². The molecule has 18 heavy (non-hydrogen) atoms. The van der Waals surface area contributed by atoms with Gasteiger partial charge in [-0.3, -0.25) is 9.59 Å². The van der Waals surface area contributed by atoms with Crippen molar-refractivity contribution >= 4 is 11.9 Å². The van der Waals surface area contributed by atoms with Crippen LogP contribution >= 0.6 is 0 Å². The van der Waals surface area contributed by atoms with E-state index in [1.54, 1.807) is 12.0 Å². The highest BCUT2D eigenvalue weighted by molar-refractivity contribution is 5.83. The molecule has 1 saturated heterocycles. The molecular weight excluding hydrogens is 236 g/mol. The molecule has 1 heterocycles. The molecule has 0 radical (unpaired) electrons. The summed E-state index contributed by atoms with van der Waals surface area (Å²) >= 11 is 0. The van der Waals surface area contributed by atoms with E-state index in [1.807, 2.05) is 0 Å². The lowest BCUT2D eigenvalue weighted by Crippen LogP contribution is -2.45. The smallest absolute Gasteiger partial charge is 0.305 e. The number of carboxylic acid groups (broad SMARTS) is 1. The van der Waals surface area contributed by atoms with Gasteiger partial charge in [-0.15, -0.1) is 0 Å². The third-order valence-electron chi connectivity index (χ3n) is 3.56. The molecule has 1 aliphatic carbocycles. The van der Waals surface area contributed by atoms with Crippen LogP contribution in [0.15, 0.2) is 0 Å². The number of carbonyl (C=O) groups is 2. The van der Waals surface area contributed by atoms with Gasteiger partial charge in [0.2, 0.25) is 5.91 Å². The van der Waals surface area contributed by atoms with Crippen LogP contribution in [0.5, 0.6) is 0 Å². The second-order valence-corrected chi connectivity index (χ2v) is 4.96. The number of methoxy groups -OCH3 is 1. The Morgan fingerprint density at radius 3 is 2.67 bits per heavy atom. The molecule has 102 valence electrons. The molecule has 2 atom stereocenters. The first-order valence-corrected chi connectivity index (χ1v) is 6.40. The minimum absolute atomic E-state index is 0.0165. The van der Waals surface area contributed by atoms with Crippen LogP contribution in [0, 0.1) is 0 Å². The topological polar surface area (TPSA) is 78.9 Å². The Kier molecular flexibility index (Phi) is 4.19.